The van der Waals surface area contributed by atoms with E-state index in [1.54, 1.807) is 6.92 Å². The maximum atomic E-state index is 14.3. The molecule has 2 saturated heterocycles. The van der Waals surface area contributed by atoms with Crippen LogP contribution in [-0.4, -0.2) is 86.5 Å². The molecule has 2 atom stereocenters. The van der Waals surface area contributed by atoms with Crippen LogP contribution < -0.4 is 10.2 Å². The average Bonchev–Trinajstić information content (AvgIpc) is 3.57. The van der Waals surface area contributed by atoms with Crippen molar-refractivity contribution in [2.75, 3.05) is 42.9 Å². The summed E-state index contributed by atoms with van der Waals surface area (Å²) in [4.78, 5) is 43.9. The second-order valence-electron chi connectivity index (χ2n) is 10.7. The van der Waals surface area contributed by atoms with Gasteiger partial charge in [0.05, 0.1) is 23.7 Å². The molecule has 1 amide bonds. The Morgan fingerprint density at radius 1 is 1.12 bits per heavy atom. The van der Waals surface area contributed by atoms with Crippen molar-refractivity contribution in [3.63, 3.8) is 0 Å². The molecule has 2 fully saturated rings. The highest BCUT2D eigenvalue weighted by atomic mass is 32.1. The van der Waals surface area contributed by atoms with Crippen LogP contribution in [0.1, 0.15) is 47.6 Å². The smallest absolute Gasteiger partial charge is 0.416 e. The molecule has 0 radical (unpaired) electrons. The molecule has 5 rings (SSSR count). The molecule has 0 spiro atoms. The molecular formula is C28H31F4N7O3S. The third kappa shape index (κ3) is 7.11. The first-order valence-corrected chi connectivity index (χ1v) is 14.7. The summed E-state index contributed by atoms with van der Waals surface area (Å²) in [5, 5.41) is 12.0. The monoisotopic (exact) mass is 621 g/mol. The Kier molecular flexibility index (Phi) is 8.94. The molecule has 2 aliphatic heterocycles. The molecule has 10 nitrogen and oxygen atoms in total. The number of carboxylic acid groups (broad SMARTS) is 1. The number of aliphatic carboxylic acids is 1. The number of rotatable bonds is 8. The van der Waals surface area contributed by atoms with Crippen LogP contribution in [0.25, 0.3) is 11.3 Å². The zero-order valence-corrected chi connectivity index (χ0v) is 24.4. The number of halogens is 4. The standard InChI is InChI=1S/C28H31F4N7O3S/c1-16-4-3-5-39(16)15-22-24(18-10-19(28(30,31)32)12-20(29)11-18)35-27(43-22)36-25(40)21-13-34-23(14-33-21)38-8-6-37(7-9-38)17(2)26(41)42/h10-14,16-17H,3-9,15H2,1-2H3,(H,41,42)(H,35,36,40). The summed E-state index contributed by atoms with van der Waals surface area (Å²) in [7, 11) is 0. The Labute approximate surface area is 249 Å². The van der Waals surface area contributed by atoms with Crippen molar-refractivity contribution >= 4 is 34.2 Å². The number of aromatic nitrogens is 3. The third-order valence-corrected chi connectivity index (χ3v) is 8.82. The molecule has 0 bridgehead atoms. The molecular weight excluding hydrogens is 590 g/mol. The van der Waals surface area contributed by atoms with Crippen molar-refractivity contribution in [3.05, 3.63) is 52.5 Å². The van der Waals surface area contributed by atoms with Crippen LogP contribution in [0.2, 0.25) is 0 Å². The minimum atomic E-state index is -4.73. The maximum absolute atomic E-state index is 14.3. The van der Waals surface area contributed by atoms with Crippen LogP contribution in [0, 0.1) is 5.82 Å². The number of nitrogens with one attached hydrogen (secondary N) is 1. The Balaban J connectivity index is 1.33. The predicted molar refractivity (Wildman–Crippen MR) is 152 cm³/mol. The number of thiazole rings is 1. The maximum Gasteiger partial charge on any atom is 0.416 e. The number of alkyl halides is 3. The fraction of sp³-hybridized carbons (Fsp3) is 0.464. The summed E-state index contributed by atoms with van der Waals surface area (Å²) in [6.45, 7) is 7.10. The SMILES string of the molecule is CC1CCCN1Cc1sc(NC(=O)c2cnc(N3CCN(C(C)C(=O)O)CC3)cn2)nc1-c1cc(F)cc(C(F)(F)F)c1. The van der Waals surface area contributed by atoms with E-state index in [0.717, 1.165) is 42.9 Å². The van der Waals surface area contributed by atoms with E-state index < -0.39 is 35.5 Å². The van der Waals surface area contributed by atoms with E-state index in [-0.39, 0.29) is 28.1 Å². The molecule has 3 aromatic rings. The van der Waals surface area contributed by atoms with E-state index in [0.29, 0.717) is 49.5 Å². The number of benzene rings is 1. The minimum Gasteiger partial charge on any atom is -0.480 e. The number of hydrogen-bond donors (Lipinski definition) is 2. The fourth-order valence-corrected chi connectivity index (χ4v) is 6.30. The summed E-state index contributed by atoms with van der Waals surface area (Å²) in [5.41, 5.74) is -0.941. The predicted octanol–water partition coefficient (Wildman–Crippen LogP) is 4.59. The molecule has 2 unspecified atom stereocenters. The second kappa shape index (κ2) is 12.5. The molecule has 15 heteroatoms. The lowest BCUT2D eigenvalue weighted by molar-refractivity contribution is -0.142. The van der Waals surface area contributed by atoms with Gasteiger partial charge >= 0.3 is 12.1 Å². The summed E-state index contributed by atoms with van der Waals surface area (Å²) in [6.07, 6.45) is 0.0258. The highest BCUT2D eigenvalue weighted by Gasteiger charge is 2.33. The molecule has 0 aliphatic carbocycles. The first kappa shape index (κ1) is 30.8. The summed E-state index contributed by atoms with van der Waals surface area (Å²) in [6, 6.07) is 2.01. The quantitative estimate of drug-likeness (QED) is 0.349. The largest absolute Gasteiger partial charge is 0.480 e. The Morgan fingerprint density at radius 3 is 2.47 bits per heavy atom. The number of carbonyl (C=O) groups is 2. The van der Waals surface area contributed by atoms with E-state index in [1.807, 2.05) is 9.80 Å². The molecule has 2 aromatic heterocycles. The van der Waals surface area contributed by atoms with Gasteiger partial charge in [-0.25, -0.2) is 19.3 Å². The van der Waals surface area contributed by atoms with Crippen LogP contribution in [0.4, 0.5) is 28.5 Å². The van der Waals surface area contributed by atoms with Gasteiger partial charge in [-0.2, -0.15) is 13.2 Å². The number of anilines is 2. The van der Waals surface area contributed by atoms with E-state index >= 15 is 0 Å². The van der Waals surface area contributed by atoms with Gasteiger partial charge in [0.15, 0.2) is 5.13 Å². The Bertz CT molecular complexity index is 1480. The molecule has 1 aromatic carbocycles. The number of likely N-dealkylation sites (tertiary alicyclic amines) is 1. The van der Waals surface area contributed by atoms with E-state index in [4.69, 9.17) is 0 Å². The molecule has 0 saturated carbocycles. The van der Waals surface area contributed by atoms with E-state index in [1.165, 1.54) is 12.4 Å². The molecule has 4 heterocycles. The van der Waals surface area contributed by atoms with Crippen LogP contribution in [0.15, 0.2) is 30.6 Å². The summed E-state index contributed by atoms with van der Waals surface area (Å²) < 4.78 is 54.6. The van der Waals surface area contributed by atoms with E-state index in [9.17, 15) is 32.3 Å². The van der Waals surface area contributed by atoms with Crippen LogP contribution >= 0.6 is 11.3 Å². The number of piperazine rings is 1. The number of carbonyl (C=O) groups excluding carboxylic acids is 1. The van der Waals surface area contributed by atoms with Gasteiger partial charge in [-0.05, 0) is 51.4 Å². The molecule has 230 valence electrons. The van der Waals surface area contributed by atoms with Gasteiger partial charge in [0.2, 0.25) is 0 Å². The second-order valence-corrected chi connectivity index (χ2v) is 11.8. The van der Waals surface area contributed by atoms with Crippen molar-refractivity contribution in [1.29, 1.82) is 0 Å². The Hall–Kier alpha value is -3.69. The Morgan fingerprint density at radius 2 is 1.86 bits per heavy atom. The molecule has 2 aliphatic rings. The number of nitrogens with zero attached hydrogens (tertiary/aromatic N) is 6. The van der Waals surface area contributed by atoms with E-state index in [2.05, 4.69) is 32.1 Å². The highest BCUT2D eigenvalue weighted by molar-refractivity contribution is 7.16. The van der Waals surface area contributed by atoms with Crippen LogP contribution in [-0.2, 0) is 17.5 Å². The zero-order chi connectivity index (χ0) is 30.9. The van der Waals surface area contributed by atoms with Gasteiger partial charge in [-0.3, -0.25) is 24.7 Å². The third-order valence-electron chi connectivity index (χ3n) is 7.87. The average molecular weight is 622 g/mol. The van der Waals surface area contributed by atoms with Crippen molar-refractivity contribution in [3.8, 4) is 11.3 Å². The van der Waals surface area contributed by atoms with Gasteiger partial charge < -0.3 is 10.0 Å². The van der Waals surface area contributed by atoms with Gasteiger partial charge in [0.1, 0.15) is 23.4 Å². The van der Waals surface area contributed by atoms with Crippen molar-refractivity contribution in [2.45, 2.75) is 51.5 Å². The lowest BCUT2D eigenvalue weighted by Gasteiger charge is -2.36. The number of carboxylic acids is 1. The first-order valence-electron chi connectivity index (χ1n) is 13.9. The summed E-state index contributed by atoms with van der Waals surface area (Å²) in [5.74, 6) is -1.96. The van der Waals surface area contributed by atoms with Crippen molar-refractivity contribution in [2.24, 2.45) is 0 Å². The minimum absolute atomic E-state index is 0.0125. The molecule has 43 heavy (non-hydrogen) atoms. The van der Waals surface area contributed by atoms with Crippen LogP contribution in [0.3, 0.4) is 0 Å². The van der Waals surface area contributed by atoms with Gasteiger partial charge in [-0.1, -0.05) is 11.3 Å². The topological polar surface area (TPSA) is 115 Å². The van der Waals surface area contributed by atoms with Gasteiger partial charge in [0, 0.05) is 49.2 Å². The van der Waals surface area contributed by atoms with Gasteiger partial charge in [0.25, 0.3) is 5.91 Å². The van der Waals surface area contributed by atoms with Gasteiger partial charge in [-0.15, -0.1) is 0 Å². The first-order chi connectivity index (χ1) is 20.4. The van der Waals surface area contributed by atoms with Crippen molar-refractivity contribution in [1.82, 2.24) is 24.8 Å². The highest BCUT2D eigenvalue weighted by Crippen LogP contribution is 2.38. The summed E-state index contributed by atoms with van der Waals surface area (Å²) >= 11 is 1.12. The number of hydrogen-bond acceptors (Lipinski definition) is 9. The fourth-order valence-electron chi connectivity index (χ4n) is 5.30. The normalized spacial score (nSPS) is 19.0. The number of amides is 1. The zero-order valence-electron chi connectivity index (χ0n) is 23.6. The lowest BCUT2D eigenvalue weighted by atomic mass is 10.1. The lowest BCUT2D eigenvalue weighted by Crippen LogP contribution is -2.52. The molecule has 2 N–H and O–H groups in total. The van der Waals surface area contributed by atoms with Crippen LogP contribution in [0.5, 0.6) is 0 Å². The van der Waals surface area contributed by atoms with Crippen molar-refractivity contribution < 1.29 is 32.3 Å².